The maximum absolute atomic E-state index is 11.7. The Morgan fingerprint density at radius 2 is 2.11 bits per heavy atom. The monoisotopic (exact) mass is 248 g/mol. The molecule has 0 unspecified atom stereocenters. The highest BCUT2D eigenvalue weighted by molar-refractivity contribution is 5.97. The molecule has 94 valence electrons. The van der Waals surface area contributed by atoms with Gasteiger partial charge in [-0.1, -0.05) is 0 Å². The minimum absolute atomic E-state index is 0.211. The van der Waals surface area contributed by atoms with Crippen molar-refractivity contribution in [2.75, 3.05) is 7.11 Å². The van der Waals surface area contributed by atoms with E-state index in [0.717, 1.165) is 0 Å². The number of methoxy groups -OCH3 is 1. The van der Waals surface area contributed by atoms with Gasteiger partial charge in [0.1, 0.15) is 0 Å². The highest BCUT2D eigenvalue weighted by Gasteiger charge is 2.29. The summed E-state index contributed by atoms with van der Waals surface area (Å²) in [5.41, 5.74) is 1.38. The molecule has 1 atom stereocenters. The second-order valence-electron chi connectivity index (χ2n) is 4.07. The highest BCUT2D eigenvalue weighted by Crippen LogP contribution is 2.22. The fraction of sp³-hybridized carbons (Fsp3) is 0.308. The molecule has 0 radical (unpaired) electrons. The Labute approximate surface area is 104 Å². The summed E-state index contributed by atoms with van der Waals surface area (Å²) in [5.74, 6) is -1.22. The molecule has 0 spiro atoms. The maximum atomic E-state index is 11.7. The molecule has 5 nitrogen and oxygen atoms in total. The molecule has 5 heteroatoms. The second kappa shape index (κ2) is 4.60. The lowest BCUT2D eigenvalue weighted by Crippen LogP contribution is -2.33. The summed E-state index contributed by atoms with van der Waals surface area (Å²) in [6.45, 7) is 1.37. The Kier molecular flexibility index (Phi) is 3.14. The number of carbonyl (C=O) groups excluding carboxylic acids is 3. The molecule has 0 N–H and O–H groups in total. The molecular formula is C13H12O5. The second-order valence-corrected chi connectivity index (χ2v) is 4.07. The molecule has 1 aliphatic heterocycles. The Balaban J connectivity index is 2.40. The van der Waals surface area contributed by atoms with Crippen LogP contribution in [0.4, 0.5) is 0 Å². The van der Waals surface area contributed by atoms with Gasteiger partial charge < -0.3 is 9.47 Å². The van der Waals surface area contributed by atoms with Gasteiger partial charge in [0.2, 0.25) is 0 Å². The number of Topliss-reactive ketones (excluding diaryl/α,β-unsaturated/α-hetero) is 1. The Morgan fingerprint density at radius 3 is 2.72 bits per heavy atom. The van der Waals surface area contributed by atoms with E-state index >= 15 is 0 Å². The van der Waals surface area contributed by atoms with Crippen molar-refractivity contribution in [3.05, 3.63) is 34.9 Å². The molecule has 0 saturated heterocycles. The minimum atomic E-state index is -0.766. The van der Waals surface area contributed by atoms with E-state index in [-0.39, 0.29) is 5.78 Å². The van der Waals surface area contributed by atoms with Gasteiger partial charge in [0.25, 0.3) is 0 Å². The fourth-order valence-electron chi connectivity index (χ4n) is 1.87. The van der Waals surface area contributed by atoms with Crippen LogP contribution in [0.15, 0.2) is 18.2 Å². The molecule has 0 aromatic heterocycles. The summed E-state index contributed by atoms with van der Waals surface area (Å²) in [6.07, 6.45) is -0.473. The predicted octanol–water partition coefficient (Wildman–Crippen LogP) is 1.14. The first kappa shape index (κ1) is 12.3. The van der Waals surface area contributed by atoms with Crippen molar-refractivity contribution in [3.8, 4) is 0 Å². The Morgan fingerprint density at radius 1 is 1.39 bits per heavy atom. The number of ketones is 1. The SMILES string of the molecule is COC(=O)c1ccc2c(c1)C[C@H](C(C)=O)OC2=O. The van der Waals surface area contributed by atoms with Crippen LogP contribution in [0.5, 0.6) is 0 Å². The number of benzene rings is 1. The van der Waals surface area contributed by atoms with Gasteiger partial charge in [-0.05, 0) is 30.7 Å². The van der Waals surface area contributed by atoms with Crippen LogP contribution >= 0.6 is 0 Å². The molecule has 0 fully saturated rings. The van der Waals surface area contributed by atoms with Crippen LogP contribution in [0.25, 0.3) is 0 Å². The van der Waals surface area contributed by atoms with Crippen molar-refractivity contribution in [3.63, 3.8) is 0 Å². The first-order valence-electron chi connectivity index (χ1n) is 5.45. The summed E-state index contributed by atoms with van der Waals surface area (Å²) in [5, 5.41) is 0. The van der Waals surface area contributed by atoms with Gasteiger partial charge in [-0.25, -0.2) is 9.59 Å². The standard InChI is InChI=1S/C13H12O5/c1-7(14)11-6-9-5-8(12(15)17-2)3-4-10(9)13(16)18-11/h3-5,11H,6H2,1-2H3/t11-/m1/s1. The lowest BCUT2D eigenvalue weighted by Gasteiger charge is -2.22. The van der Waals surface area contributed by atoms with E-state index in [1.54, 1.807) is 6.07 Å². The smallest absolute Gasteiger partial charge is 0.339 e. The van der Waals surface area contributed by atoms with Gasteiger partial charge in [-0.3, -0.25) is 4.79 Å². The Hall–Kier alpha value is -2.17. The van der Waals surface area contributed by atoms with Gasteiger partial charge >= 0.3 is 11.9 Å². The van der Waals surface area contributed by atoms with E-state index in [9.17, 15) is 14.4 Å². The van der Waals surface area contributed by atoms with Gasteiger partial charge in [0, 0.05) is 6.42 Å². The third-order valence-electron chi connectivity index (χ3n) is 2.85. The lowest BCUT2D eigenvalue weighted by molar-refractivity contribution is -0.125. The average Bonchev–Trinajstić information content (AvgIpc) is 2.36. The van der Waals surface area contributed by atoms with Crippen LogP contribution in [0.2, 0.25) is 0 Å². The van der Waals surface area contributed by atoms with Crippen molar-refractivity contribution < 1.29 is 23.9 Å². The third-order valence-corrected chi connectivity index (χ3v) is 2.85. The molecule has 1 heterocycles. The van der Waals surface area contributed by atoms with Crippen LogP contribution in [0.1, 0.15) is 33.2 Å². The van der Waals surface area contributed by atoms with E-state index in [1.807, 2.05) is 0 Å². The number of hydrogen-bond donors (Lipinski definition) is 0. The van der Waals surface area contributed by atoms with Crippen LogP contribution in [0.3, 0.4) is 0 Å². The summed E-state index contributed by atoms with van der Waals surface area (Å²) in [7, 11) is 1.29. The summed E-state index contributed by atoms with van der Waals surface area (Å²) >= 11 is 0. The van der Waals surface area contributed by atoms with E-state index in [0.29, 0.717) is 23.1 Å². The number of hydrogen-bond acceptors (Lipinski definition) is 5. The van der Waals surface area contributed by atoms with Gasteiger partial charge in [0.15, 0.2) is 11.9 Å². The zero-order chi connectivity index (χ0) is 13.3. The minimum Gasteiger partial charge on any atom is -0.465 e. The lowest BCUT2D eigenvalue weighted by atomic mass is 9.95. The zero-order valence-corrected chi connectivity index (χ0v) is 10.1. The van der Waals surface area contributed by atoms with Gasteiger partial charge in [-0.15, -0.1) is 0 Å². The van der Waals surface area contributed by atoms with Crippen LogP contribution < -0.4 is 0 Å². The highest BCUT2D eigenvalue weighted by atomic mass is 16.5. The number of fused-ring (bicyclic) bond motifs is 1. The first-order chi connectivity index (χ1) is 8.52. The number of rotatable bonds is 2. The average molecular weight is 248 g/mol. The van der Waals surface area contributed by atoms with Crippen LogP contribution in [-0.4, -0.2) is 30.9 Å². The number of cyclic esters (lactones) is 1. The normalized spacial score (nSPS) is 17.7. The van der Waals surface area contributed by atoms with Gasteiger partial charge in [-0.2, -0.15) is 0 Å². The summed E-state index contributed by atoms with van der Waals surface area (Å²) < 4.78 is 9.60. The van der Waals surface area contributed by atoms with Crippen molar-refractivity contribution >= 4 is 17.7 Å². The maximum Gasteiger partial charge on any atom is 0.339 e. The molecule has 18 heavy (non-hydrogen) atoms. The first-order valence-corrected chi connectivity index (χ1v) is 5.45. The van der Waals surface area contributed by atoms with Crippen LogP contribution in [0, 0.1) is 0 Å². The molecule has 0 aliphatic carbocycles. The molecule has 0 amide bonds. The number of esters is 2. The van der Waals surface area contributed by atoms with Crippen molar-refractivity contribution in [1.29, 1.82) is 0 Å². The van der Waals surface area contributed by atoms with E-state index < -0.39 is 18.0 Å². The molecular weight excluding hydrogens is 236 g/mol. The quantitative estimate of drug-likeness (QED) is 0.734. The Bertz CT molecular complexity index is 532. The zero-order valence-electron chi connectivity index (χ0n) is 10.1. The fourth-order valence-corrected chi connectivity index (χ4v) is 1.87. The van der Waals surface area contributed by atoms with Crippen molar-refractivity contribution in [1.82, 2.24) is 0 Å². The molecule has 1 aliphatic rings. The predicted molar refractivity (Wildman–Crippen MR) is 61.4 cm³/mol. The van der Waals surface area contributed by atoms with Crippen LogP contribution in [-0.2, 0) is 20.7 Å². The molecule has 1 aromatic carbocycles. The summed E-state index contributed by atoms with van der Waals surface area (Å²) in [6, 6.07) is 4.58. The third kappa shape index (κ3) is 2.11. The number of carbonyl (C=O) groups is 3. The number of ether oxygens (including phenoxy) is 2. The van der Waals surface area contributed by atoms with E-state index in [1.165, 1.54) is 26.2 Å². The van der Waals surface area contributed by atoms with E-state index in [4.69, 9.17) is 4.74 Å². The topological polar surface area (TPSA) is 69.7 Å². The molecule has 0 saturated carbocycles. The molecule has 0 bridgehead atoms. The van der Waals surface area contributed by atoms with Gasteiger partial charge in [0.05, 0.1) is 18.2 Å². The largest absolute Gasteiger partial charge is 0.465 e. The summed E-state index contributed by atoms with van der Waals surface area (Å²) in [4.78, 5) is 34.3. The van der Waals surface area contributed by atoms with E-state index in [2.05, 4.69) is 4.74 Å². The molecule has 2 rings (SSSR count). The van der Waals surface area contributed by atoms with Crippen molar-refractivity contribution in [2.24, 2.45) is 0 Å². The van der Waals surface area contributed by atoms with Crippen molar-refractivity contribution in [2.45, 2.75) is 19.4 Å². The molecule has 1 aromatic rings.